The molecular formula is C12H15ClO4. The van der Waals surface area contributed by atoms with E-state index in [1.165, 1.54) is 0 Å². The van der Waals surface area contributed by atoms with Crippen molar-refractivity contribution in [3.05, 3.63) is 24.3 Å². The zero-order valence-electron chi connectivity index (χ0n) is 9.65. The highest BCUT2D eigenvalue weighted by atomic mass is 35.5. The monoisotopic (exact) mass is 258 g/mol. The van der Waals surface area contributed by atoms with Gasteiger partial charge in [-0.2, -0.15) is 0 Å². The maximum Gasteiger partial charge on any atom is 0.344 e. The Morgan fingerprint density at radius 2 is 2.00 bits per heavy atom. The summed E-state index contributed by atoms with van der Waals surface area (Å²) in [6, 6.07) is 7.02. The van der Waals surface area contributed by atoms with E-state index in [9.17, 15) is 4.79 Å². The second-order valence-corrected chi connectivity index (χ2v) is 3.48. The molecule has 0 fully saturated rings. The molecule has 4 nitrogen and oxygen atoms in total. The number of halogens is 1. The van der Waals surface area contributed by atoms with Crippen LogP contribution >= 0.6 is 11.6 Å². The van der Waals surface area contributed by atoms with Gasteiger partial charge < -0.3 is 14.2 Å². The van der Waals surface area contributed by atoms with E-state index in [2.05, 4.69) is 0 Å². The lowest BCUT2D eigenvalue weighted by Gasteiger charge is -2.08. The fraction of sp³-hybridized carbons (Fsp3) is 0.417. The van der Waals surface area contributed by atoms with E-state index >= 15 is 0 Å². The third-order valence-electron chi connectivity index (χ3n) is 1.81. The second-order valence-electron chi connectivity index (χ2n) is 3.11. The highest BCUT2D eigenvalue weighted by Gasteiger charge is 2.03. The number of esters is 1. The lowest BCUT2D eigenvalue weighted by atomic mass is 10.3. The zero-order valence-corrected chi connectivity index (χ0v) is 10.4. The highest BCUT2D eigenvalue weighted by molar-refractivity contribution is 6.18. The molecule has 5 heteroatoms. The van der Waals surface area contributed by atoms with Crippen LogP contribution in [-0.2, 0) is 9.53 Å². The Morgan fingerprint density at radius 3 is 2.65 bits per heavy atom. The van der Waals surface area contributed by atoms with Crippen molar-refractivity contribution in [1.29, 1.82) is 0 Å². The molecule has 0 spiro atoms. The van der Waals surface area contributed by atoms with Crippen LogP contribution in [0.5, 0.6) is 11.5 Å². The van der Waals surface area contributed by atoms with Crippen LogP contribution in [0, 0.1) is 0 Å². The van der Waals surface area contributed by atoms with Crippen LogP contribution < -0.4 is 9.47 Å². The molecule has 0 radical (unpaired) electrons. The smallest absolute Gasteiger partial charge is 0.344 e. The highest BCUT2D eigenvalue weighted by Crippen LogP contribution is 2.19. The average Bonchev–Trinajstić information content (AvgIpc) is 2.35. The fourth-order valence-electron chi connectivity index (χ4n) is 1.16. The molecule has 1 aromatic rings. The van der Waals surface area contributed by atoms with E-state index in [1.807, 2.05) is 0 Å². The molecule has 1 rings (SSSR count). The second kappa shape index (κ2) is 7.79. The SMILES string of the molecule is CCOC(=O)COc1cccc(OCCCl)c1. The molecule has 0 saturated heterocycles. The molecule has 0 amide bonds. The molecule has 0 aliphatic carbocycles. The topological polar surface area (TPSA) is 44.8 Å². The summed E-state index contributed by atoms with van der Waals surface area (Å²) in [4.78, 5) is 11.1. The van der Waals surface area contributed by atoms with E-state index in [1.54, 1.807) is 31.2 Å². The lowest BCUT2D eigenvalue weighted by molar-refractivity contribution is -0.145. The average molecular weight is 259 g/mol. The van der Waals surface area contributed by atoms with Gasteiger partial charge in [0.15, 0.2) is 6.61 Å². The van der Waals surface area contributed by atoms with Gasteiger partial charge in [0.25, 0.3) is 0 Å². The number of carbonyl (C=O) groups excluding carboxylic acids is 1. The summed E-state index contributed by atoms with van der Waals surface area (Å²) in [6.07, 6.45) is 0. The van der Waals surface area contributed by atoms with Crippen LogP contribution in [-0.4, -0.2) is 31.7 Å². The predicted molar refractivity (Wildman–Crippen MR) is 64.8 cm³/mol. The number of carbonyl (C=O) groups is 1. The van der Waals surface area contributed by atoms with Crippen molar-refractivity contribution in [3.8, 4) is 11.5 Å². The number of ether oxygens (including phenoxy) is 3. The van der Waals surface area contributed by atoms with Gasteiger partial charge in [-0.05, 0) is 19.1 Å². The molecule has 0 heterocycles. The summed E-state index contributed by atoms with van der Waals surface area (Å²) < 4.78 is 15.3. The Hall–Kier alpha value is -1.42. The first kappa shape index (κ1) is 13.6. The Labute approximate surface area is 105 Å². The summed E-state index contributed by atoms with van der Waals surface area (Å²) >= 11 is 5.51. The summed E-state index contributed by atoms with van der Waals surface area (Å²) in [6.45, 7) is 2.43. The van der Waals surface area contributed by atoms with E-state index in [4.69, 9.17) is 25.8 Å². The number of rotatable bonds is 7. The van der Waals surface area contributed by atoms with Crippen molar-refractivity contribution in [2.24, 2.45) is 0 Å². The van der Waals surface area contributed by atoms with Crippen molar-refractivity contribution >= 4 is 17.6 Å². The first-order chi connectivity index (χ1) is 8.26. The van der Waals surface area contributed by atoms with Crippen molar-refractivity contribution in [2.45, 2.75) is 6.92 Å². The largest absolute Gasteiger partial charge is 0.492 e. The van der Waals surface area contributed by atoms with Gasteiger partial charge in [-0.15, -0.1) is 11.6 Å². The predicted octanol–water partition coefficient (Wildman–Crippen LogP) is 2.25. The number of hydrogen-bond donors (Lipinski definition) is 0. The Bertz CT molecular complexity index is 354. The minimum Gasteiger partial charge on any atom is -0.492 e. The van der Waals surface area contributed by atoms with Gasteiger partial charge in [0.2, 0.25) is 0 Å². The first-order valence-electron chi connectivity index (χ1n) is 5.33. The van der Waals surface area contributed by atoms with Crippen LogP contribution in [0.4, 0.5) is 0 Å². The van der Waals surface area contributed by atoms with Gasteiger partial charge in [-0.3, -0.25) is 0 Å². The number of benzene rings is 1. The Kier molecular flexibility index (Phi) is 6.25. The normalized spacial score (nSPS) is 9.76. The maximum atomic E-state index is 11.1. The van der Waals surface area contributed by atoms with E-state index in [0.29, 0.717) is 30.6 Å². The minimum absolute atomic E-state index is 0.104. The van der Waals surface area contributed by atoms with E-state index in [0.717, 1.165) is 0 Å². The van der Waals surface area contributed by atoms with E-state index < -0.39 is 0 Å². The molecule has 0 N–H and O–H groups in total. The van der Waals surface area contributed by atoms with E-state index in [-0.39, 0.29) is 12.6 Å². The standard InChI is InChI=1S/C12H15ClO4/c1-2-15-12(14)9-17-11-5-3-4-10(8-11)16-7-6-13/h3-5,8H,2,6-7,9H2,1H3. The molecule has 0 aromatic heterocycles. The molecule has 1 aromatic carbocycles. The van der Waals surface area contributed by atoms with Crippen LogP contribution in [0.2, 0.25) is 0 Å². The molecular weight excluding hydrogens is 244 g/mol. The van der Waals surface area contributed by atoms with Gasteiger partial charge in [0.05, 0.1) is 12.5 Å². The first-order valence-corrected chi connectivity index (χ1v) is 5.87. The Balaban J connectivity index is 2.45. The van der Waals surface area contributed by atoms with Crippen LogP contribution in [0.3, 0.4) is 0 Å². The quantitative estimate of drug-likeness (QED) is 0.556. The molecule has 94 valence electrons. The summed E-state index contributed by atoms with van der Waals surface area (Å²) in [5.74, 6) is 1.25. The third-order valence-corrected chi connectivity index (χ3v) is 1.97. The van der Waals surface area contributed by atoms with Crippen molar-refractivity contribution in [2.75, 3.05) is 25.7 Å². The summed E-state index contributed by atoms with van der Waals surface area (Å²) in [5, 5.41) is 0. The van der Waals surface area contributed by atoms with Crippen LogP contribution in [0.15, 0.2) is 24.3 Å². The Morgan fingerprint density at radius 1 is 1.29 bits per heavy atom. The van der Waals surface area contributed by atoms with Crippen molar-refractivity contribution in [1.82, 2.24) is 0 Å². The number of hydrogen-bond acceptors (Lipinski definition) is 4. The minimum atomic E-state index is -0.389. The lowest BCUT2D eigenvalue weighted by Crippen LogP contribution is -2.14. The molecule has 0 unspecified atom stereocenters. The van der Waals surface area contributed by atoms with Gasteiger partial charge in [0.1, 0.15) is 18.1 Å². The number of alkyl halides is 1. The van der Waals surface area contributed by atoms with Crippen LogP contribution in [0.1, 0.15) is 6.92 Å². The van der Waals surface area contributed by atoms with Gasteiger partial charge >= 0.3 is 5.97 Å². The molecule has 0 saturated carbocycles. The molecule has 0 bridgehead atoms. The summed E-state index contributed by atoms with van der Waals surface area (Å²) in [7, 11) is 0. The molecule has 17 heavy (non-hydrogen) atoms. The molecule has 0 aliphatic heterocycles. The van der Waals surface area contributed by atoms with Gasteiger partial charge in [0, 0.05) is 6.07 Å². The fourth-order valence-corrected chi connectivity index (χ4v) is 1.23. The van der Waals surface area contributed by atoms with Crippen molar-refractivity contribution < 1.29 is 19.0 Å². The third kappa shape index (κ3) is 5.45. The molecule has 0 atom stereocenters. The van der Waals surface area contributed by atoms with Gasteiger partial charge in [-0.1, -0.05) is 6.07 Å². The molecule has 0 aliphatic rings. The summed E-state index contributed by atoms with van der Waals surface area (Å²) in [5.41, 5.74) is 0. The van der Waals surface area contributed by atoms with Crippen molar-refractivity contribution in [3.63, 3.8) is 0 Å². The maximum absolute atomic E-state index is 11.1. The zero-order chi connectivity index (χ0) is 12.5. The van der Waals surface area contributed by atoms with Crippen LogP contribution in [0.25, 0.3) is 0 Å². The van der Waals surface area contributed by atoms with Gasteiger partial charge in [-0.25, -0.2) is 4.79 Å².